The second-order valence-corrected chi connectivity index (χ2v) is 5.99. The van der Waals surface area contributed by atoms with E-state index in [0.29, 0.717) is 16.8 Å². The molecule has 0 saturated carbocycles. The number of carbonyl (C=O) groups is 1. The normalized spacial score (nSPS) is 10.2. The summed E-state index contributed by atoms with van der Waals surface area (Å²) < 4.78 is 0.784. The molecule has 3 N–H and O–H groups in total. The summed E-state index contributed by atoms with van der Waals surface area (Å²) in [4.78, 5) is 12.7. The number of anilines is 1. The summed E-state index contributed by atoms with van der Waals surface area (Å²) in [5.41, 5.74) is 9.59. The van der Waals surface area contributed by atoms with Gasteiger partial charge in [-0.2, -0.15) is 0 Å². The van der Waals surface area contributed by atoms with Gasteiger partial charge in [-0.15, -0.1) is 0 Å². The lowest BCUT2D eigenvalue weighted by molar-refractivity contribution is 0.102. The smallest absolute Gasteiger partial charge is 0.256 e. The van der Waals surface area contributed by atoms with Crippen molar-refractivity contribution in [2.75, 3.05) is 5.32 Å². The zero-order chi connectivity index (χ0) is 15.6. The molecule has 2 rings (SSSR count). The fourth-order valence-corrected chi connectivity index (χ4v) is 2.83. The van der Waals surface area contributed by atoms with Crippen molar-refractivity contribution < 1.29 is 4.79 Å². The standard InChI is InChI=1S/C16H15BrN2OS/c1-9-5-4-8-12(13(9)15(18)21)19-16(20)11-7-3-6-10(2)14(11)17/h3-8H,1-2H3,(H2,18,21)(H,19,20). The third-order valence-electron chi connectivity index (χ3n) is 3.20. The number of carbonyl (C=O) groups excluding carboxylic acids is 1. The highest BCUT2D eigenvalue weighted by Gasteiger charge is 2.15. The molecule has 3 nitrogen and oxygen atoms in total. The second kappa shape index (κ2) is 6.37. The number of nitrogens with one attached hydrogen (secondary N) is 1. The Labute approximate surface area is 137 Å². The SMILES string of the molecule is Cc1cccc(C(=O)Nc2cccc(C)c2C(N)=S)c1Br. The Morgan fingerprint density at radius 3 is 2.43 bits per heavy atom. The molecule has 0 radical (unpaired) electrons. The van der Waals surface area contributed by atoms with Crippen molar-refractivity contribution in [1.29, 1.82) is 0 Å². The van der Waals surface area contributed by atoms with Crippen LogP contribution >= 0.6 is 28.1 Å². The number of halogens is 1. The van der Waals surface area contributed by atoms with Crippen molar-refractivity contribution in [3.8, 4) is 0 Å². The molecule has 0 fully saturated rings. The summed E-state index contributed by atoms with van der Waals surface area (Å²) in [7, 11) is 0. The monoisotopic (exact) mass is 362 g/mol. The van der Waals surface area contributed by atoms with Crippen LogP contribution in [-0.2, 0) is 0 Å². The summed E-state index contributed by atoms with van der Waals surface area (Å²) in [5, 5.41) is 2.88. The largest absolute Gasteiger partial charge is 0.389 e. The molecular weight excluding hydrogens is 348 g/mol. The molecular formula is C16H15BrN2OS. The molecule has 108 valence electrons. The van der Waals surface area contributed by atoms with Crippen LogP contribution in [0.1, 0.15) is 27.0 Å². The molecule has 0 spiro atoms. The Morgan fingerprint density at radius 1 is 1.14 bits per heavy atom. The minimum atomic E-state index is -0.200. The highest BCUT2D eigenvalue weighted by atomic mass is 79.9. The number of thiocarbonyl (C=S) groups is 1. The molecule has 0 atom stereocenters. The van der Waals surface area contributed by atoms with Gasteiger partial charge < -0.3 is 11.1 Å². The van der Waals surface area contributed by atoms with Gasteiger partial charge in [0.25, 0.3) is 5.91 Å². The van der Waals surface area contributed by atoms with E-state index in [0.717, 1.165) is 15.6 Å². The van der Waals surface area contributed by atoms with Gasteiger partial charge >= 0.3 is 0 Å². The van der Waals surface area contributed by atoms with E-state index in [1.807, 2.05) is 38.1 Å². The van der Waals surface area contributed by atoms with E-state index in [2.05, 4.69) is 21.2 Å². The van der Waals surface area contributed by atoms with Crippen LogP contribution in [0, 0.1) is 13.8 Å². The molecule has 5 heteroatoms. The van der Waals surface area contributed by atoms with Crippen LogP contribution in [0.2, 0.25) is 0 Å². The van der Waals surface area contributed by atoms with Gasteiger partial charge in [0.15, 0.2) is 0 Å². The number of amides is 1. The van der Waals surface area contributed by atoms with Crippen LogP contribution in [0.15, 0.2) is 40.9 Å². The van der Waals surface area contributed by atoms with Gasteiger partial charge in [-0.1, -0.05) is 36.5 Å². The Bertz CT molecular complexity index is 728. The lowest BCUT2D eigenvalue weighted by atomic mass is 10.1. The van der Waals surface area contributed by atoms with Crippen molar-refractivity contribution >= 4 is 44.7 Å². The van der Waals surface area contributed by atoms with E-state index in [1.54, 1.807) is 12.1 Å². The molecule has 2 aromatic rings. The Hall–Kier alpha value is -1.72. The maximum absolute atomic E-state index is 12.4. The van der Waals surface area contributed by atoms with E-state index in [-0.39, 0.29) is 10.9 Å². The quantitative estimate of drug-likeness (QED) is 0.812. The van der Waals surface area contributed by atoms with Gasteiger partial charge in [0.05, 0.1) is 11.3 Å². The molecule has 21 heavy (non-hydrogen) atoms. The van der Waals surface area contributed by atoms with Crippen LogP contribution in [0.25, 0.3) is 0 Å². The van der Waals surface area contributed by atoms with E-state index in [4.69, 9.17) is 18.0 Å². The van der Waals surface area contributed by atoms with E-state index in [1.165, 1.54) is 0 Å². The molecule has 0 aliphatic heterocycles. The summed E-state index contributed by atoms with van der Waals surface area (Å²) in [6.45, 7) is 3.85. The average Bonchev–Trinajstić information content (AvgIpc) is 2.41. The number of aryl methyl sites for hydroxylation is 2. The van der Waals surface area contributed by atoms with Crippen molar-refractivity contribution in [2.45, 2.75) is 13.8 Å². The van der Waals surface area contributed by atoms with Gasteiger partial charge in [-0.3, -0.25) is 4.79 Å². The molecule has 1 amide bonds. The number of nitrogens with two attached hydrogens (primary N) is 1. The first kappa shape index (κ1) is 15.7. The average molecular weight is 363 g/mol. The highest BCUT2D eigenvalue weighted by molar-refractivity contribution is 9.10. The summed E-state index contributed by atoms with van der Waals surface area (Å²) in [5.74, 6) is -0.200. The van der Waals surface area contributed by atoms with Crippen LogP contribution < -0.4 is 11.1 Å². The molecule has 0 aliphatic rings. The Balaban J connectivity index is 2.39. The molecule has 0 aliphatic carbocycles. The third-order valence-corrected chi connectivity index (χ3v) is 4.46. The Kier molecular flexibility index (Phi) is 4.75. The van der Waals surface area contributed by atoms with Crippen LogP contribution in [0.4, 0.5) is 5.69 Å². The zero-order valence-corrected chi connectivity index (χ0v) is 14.1. The summed E-state index contributed by atoms with van der Waals surface area (Å²) >= 11 is 8.52. The van der Waals surface area contributed by atoms with Gasteiger partial charge in [-0.05, 0) is 53.0 Å². The van der Waals surface area contributed by atoms with Gasteiger partial charge in [0.2, 0.25) is 0 Å². The predicted octanol–water partition coefficient (Wildman–Crippen LogP) is 3.95. The third kappa shape index (κ3) is 3.31. The van der Waals surface area contributed by atoms with Crippen molar-refractivity contribution in [2.24, 2.45) is 5.73 Å². The first-order valence-electron chi connectivity index (χ1n) is 6.37. The molecule has 2 aromatic carbocycles. The minimum Gasteiger partial charge on any atom is -0.389 e. The van der Waals surface area contributed by atoms with Gasteiger partial charge in [0.1, 0.15) is 4.99 Å². The van der Waals surface area contributed by atoms with Gasteiger partial charge in [0, 0.05) is 10.0 Å². The Morgan fingerprint density at radius 2 is 1.76 bits per heavy atom. The van der Waals surface area contributed by atoms with Crippen molar-refractivity contribution in [3.63, 3.8) is 0 Å². The van der Waals surface area contributed by atoms with E-state index >= 15 is 0 Å². The zero-order valence-electron chi connectivity index (χ0n) is 11.7. The van der Waals surface area contributed by atoms with E-state index in [9.17, 15) is 4.79 Å². The second-order valence-electron chi connectivity index (χ2n) is 4.75. The minimum absolute atomic E-state index is 0.200. The number of hydrogen-bond acceptors (Lipinski definition) is 2. The van der Waals surface area contributed by atoms with Crippen LogP contribution in [0.5, 0.6) is 0 Å². The number of rotatable bonds is 3. The molecule has 0 saturated heterocycles. The fraction of sp³-hybridized carbons (Fsp3) is 0.125. The maximum atomic E-state index is 12.4. The van der Waals surface area contributed by atoms with Crippen LogP contribution in [-0.4, -0.2) is 10.9 Å². The van der Waals surface area contributed by atoms with Crippen molar-refractivity contribution in [3.05, 3.63) is 63.1 Å². The van der Waals surface area contributed by atoms with E-state index < -0.39 is 0 Å². The lowest BCUT2D eigenvalue weighted by Crippen LogP contribution is -2.19. The first-order valence-corrected chi connectivity index (χ1v) is 7.58. The van der Waals surface area contributed by atoms with Gasteiger partial charge in [-0.25, -0.2) is 0 Å². The highest BCUT2D eigenvalue weighted by Crippen LogP contribution is 2.24. The molecule has 0 heterocycles. The first-order chi connectivity index (χ1) is 9.91. The predicted molar refractivity (Wildman–Crippen MR) is 93.9 cm³/mol. The lowest BCUT2D eigenvalue weighted by Gasteiger charge is -2.13. The van der Waals surface area contributed by atoms with Crippen LogP contribution in [0.3, 0.4) is 0 Å². The molecule has 0 aromatic heterocycles. The molecule has 0 unspecified atom stereocenters. The number of benzene rings is 2. The summed E-state index contributed by atoms with van der Waals surface area (Å²) in [6.07, 6.45) is 0. The number of hydrogen-bond donors (Lipinski definition) is 2. The summed E-state index contributed by atoms with van der Waals surface area (Å²) in [6, 6.07) is 11.1. The molecule has 0 bridgehead atoms. The fourth-order valence-electron chi connectivity index (χ4n) is 2.11. The van der Waals surface area contributed by atoms with Crippen molar-refractivity contribution in [1.82, 2.24) is 0 Å². The maximum Gasteiger partial charge on any atom is 0.256 e. The topological polar surface area (TPSA) is 55.1 Å².